The van der Waals surface area contributed by atoms with E-state index in [0.717, 1.165) is 39.7 Å². The molecule has 0 aliphatic carbocycles. The molecule has 0 saturated carbocycles. The third-order valence-corrected chi connectivity index (χ3v) is 3.94. The van der Waals surface area contributed by atoms with Crippen molar-refractivity contribution in [3.8, 4) is 11.1 Å². The van der Waals surface area contributed by atoms with Crippen LogP contribution in [0.15, 0.2) is 47.5 Å². The van der Waals surface area contributed by atoms with Crippen LogP contribution in [0.5, 0.6) is 0 Å². The molecule has 0 unspecified atom stereocenters. The van der Waals surface area contributed by atoms with Crippen molar-refractivity contribution in [2.75, 3.05) is 0 Å². The van der Waals surface area contributed by atoms with Gasteiger partial charge in [0.1, 0.15) is 0 Å². The van der Waals surface area contributed by atoms with Gasteiger partial charge in [0, 0.05) is 34.6 Å². The first-order chi connectivity index (χ1) is 10.6. The Kier molecular flexibility index (Phi) is 3.80. The topological polar surface area (TPSA) is 45.8 Å². The summed E-state index contributed by atoms with van der Waals surface area (Å²) in [6, 6.07) is 9.91. The highest BCUT2D eigenvalue weighted by atomic mass is 16.1. The maximum atomic E-state index is 12.8. The van der Waals surface area contributed by atoms with Crippen LogP contribution in [0.4, 0.5) is 0 Å². The lowest BCUT2D eigenvalue weighted by atomic mass is 9.97. The van der Waals surface area contributed by atoms with Crippen molar-refractivity contribution in [1.82, 2.24) is 9.97 Å². The van der Waals surface area contributed by atoms with Gasteiger partial charge in [0.05, 0.1) is 0 Å². The molecule has 0 aliphatic heterocycles. The SMILES string of the molecule is Cc1[nH]c2ccc(-c3ccncc3)cc2c(=O)c1CC(C)C. The van der Waals surface area contributed by atoms with Crippen molar-refractivity contribution < 1.29 is 0 Å². The smallest absolute Gasteiger partial charge is 0.192 e. The Bertz CT molecular complexity index is 864. The Labute approximate surface area is 130 Å². The second-order valence-corrected chi connectivity index (χ2v) is 6.15. The zero-order valence-corrected chi connectivity index (χ0v) is 13.2. The monoisotopic (exact) mass is 292 g/mol. The van der Waals surface area contributed by atoms with E-state index >= 15 is 0 Å². The summed E-state index contributed by atoms with van der Waals surface area (Å²) >= 11 is 0. The van der Waals surface area contributed by atoms with Crippen LogP contribution < -0.4 is 5.43 Å². The number of aryl methyl sites for hydroxylation is 1. The van der Waals surface area contributed by atoms with Gasteiger partial charge in [0.25, 0.3) is 0 Å². The minimum atomic E-state index is 0.149. The third-order valence-electron chi connectivity index (χ3n) is 3.94. The number of hydrogen-bond donors (Lipinski definition) is 1. The molecule has 0 fully saturated rings. The average molecular weight is 292 g/mol. The van der Waals surface area contributed by atoms with Gasteiger partial charge in [-0.2, -0.15) is 0 Å². The lowest BCUT2D eigenvalue weighted by molar-refractivity contribution is 0.641. The lowest BCUT2D eigenvalue weighted by Crippen LogP contribution is -2.15. The van der Waals surface area contributed by atoms with Gasteiger partial charge in [-0.25, -0.2) is 0 Å². The number of benzene rings is 1. The highest BCUT2D eigenvalue weighted by molar-refractivity contribution is 5.85. The number of pyridine rings is 2. The van der Waals surface area contributed by atoms with Crippen molar-refractivity contribution in [3.05, 3.63) is 64.2 Å². The van der Waals surface area contributed by atoms with Crippen molar-refractivity contribution in [1.29, 1.82) is 0 Å². The Balaban J connectivity index is 2.21. The maximum Gasteiger partial charge on any atom is 0.192 e. The number of nitrogens with zero attached hydrogens (tertiary/aromatic N) is 1. The first kappa shape index (κ1) is 14.5. The fourth-order valence-electron chi connectivity index (χ4n) is 2.83. The van der Waals surface area contributed by atoms with Crippen molar-refractivity contribution in [3.63, 3.8) is 0 Å². The van der Waals surface area contributed by atoms with Crippen LogP contribution in [0.1, 0.15) is 25.1 Å². The molecule has 3 rings (SSSR count). The fraction of sp³-hybridized carbons (Fsp3) is 0.263. The molecular formula is C19H20N2O. The first-order valence-electron chi connectivity index (χ1n) is 7.62. The van der Waals surface area contributed by atoms with E-state index in [9.17, 15) is 4.79 Å². The summed E-state index contributed by atoms with van der Waals surface area (Å²) < 4.78 is 0. The molecule has 0 bridgehead atoms. The predicted octanol–water partition coefficient (Wildman–Crippen LogP) is 4.10. The van der Waals surface area contributed by atoms with Crippen LogP contribution in [0.3, 0.4) is 0 Å². The summed E-state index contributed by atoms with van der Waals surface area (Å²) in [6.45, 7) is 6.25. The number of aromatic amines is 1. The van der Waals surface area contributed by atoms with E-state index in [1.807, 2.05) is 37.3 Å². The van der Waals surface area contributed by atoms with E-state index in [0.29, 0.717) is 5.92 Å². The summed E-state index contributed by atoms with van der Waals surface area (Å²) in [5.41, 5.74) is 5.03. The molecule has 0 spiro atoms. The number of hydrogen-bond acceptors (Lipinski definition) is 2. The molecule has 3 nitrogen and oxygen atoms in total. The van der Waals surface area contributed by atoms with Crippen LogP contribution in [0.2, 0.25) is 0 Å². The van der Waals surface area contributed by atoms with E-state index in [4.69, 9.17) is 0 Å². The molecule has 0 saturated heterocycles. The quantitative estimate of drug-likeness (QED) is 0.790. The van der Waals surface area contributed by atoms with Gasteiger partial charge in [-0.3, -0.25) is 9.78 Å². The normalized spacial score (nSPS) is 11.3. The van der Waals surface area contributed by atoms with Gasteiger partial charge in [0.15, 0.2) is 5.43 Å². The van der Waals surface area contributed by atoms with Crippen molar-refractivity contribution >= 4 is 10.9 Å². The molecule has 0 atom stereocenters. The number of fused-ring (bicyclic) bond motifs is 1. The van der Waals surface area contributed by atoms with Gasteiger partial charge in [-0.05, 0) is 54.7 Å². The molecule has 2 aromatic heterocycles. The predicted molar refractivity (Wildman–Crippen MR) is 91.1 cm³/mol. The fourth-order valence-corrected chi connectivity index (χ4v) is 2.83. The Morgan fingerprint density at radius 1 is 1.09 bits per heavy atom. The molecule has 2 heterocycles. The van der Waals surface area contributed by atoms with E-state index < -0.39 is 0 Å². The van der Waals surface area contributed by atoms with Crippen LogP contribution in [0.25, 0.3) is 22.0 Å². The molecule has 112 valence electrons. The largest absolute Gasteiger partial charge is 0.358 e. The Hall–Kier alpha value is -2.42. The average Bonchev–Trinajstić information content (AvgIpc) is 2.52. The summed E-state index contributed by atoms with van der Waals surface area (Å²) in [6.07, 6.45) is 4.34. The molecule has 3 heteroatoms. The summed E-state index contributed by atoms with van der Waals surface area (Å²) in [7, 11) is 0. The van der Waals surface area contributed by atoms with Gasteiger partial charge in [0.2, 0.25) is 0 Å². The molecular weight excluding hydrogens is 272 g/mol. The van der Waals surface area contributed by atoms with Crippen LogP contribution in [-0.2, 0) is 6.42 Å². The first-order valence-corrected chi connectivity index (χ1v) is 7.62. The minimum absolute atomic E-state index is 0.149. The van der Waals surface area contributed by atoms with Gasteiger partial charge in [-0.15, -0.1) is 0 Å². The summed E-state index contributed by atoms with van der Waals surface area (Å²) in [5.74, 6) is 0.459. The molecule has 0 radical (unpaired) electrons. The zero-order valence-electron chi connectivity index (χ0n) is 13.2. The van der Waals surface area contributed by atoms with Crippen LogP contribution >= 0.6 is 0 Å². The van der Waals surface area contributed by atoms with Crippen LogP contribution in [-0.4, -0.2) is 9.97 Å². The lowest BCUT2D eigenvalue weighted by Gasteiger charge is -2.11. The van der Waals surface area contributed by atoms with E-state index in [1.165, 1.54) is 0 Å². The highest BCUT2D eigenvalue weighted by Crippen LogP contribution is 2.22. The van der Waals surface area contributed by atoms with E-state index in [-0.39, 0.29) is 5.43 Å². The van der Waals surface area contributed by atoms with Gasteiger partial charge in [-0.1, -0.05) is 19.9 Å². The summed E-state index contributed by atoms with van der Waals surface area (Å²) in [4.78, 5) is 20.2. The molecule has 1 N–H and O–H groups in total. The molecule has 1 aromatic carbocycles. The molecule has 0 amide bonds. The molecule has 3 aromatic rings. The van der Waals surface area contributed by atoms with Gasteiger partial charge < -0.3 is 4.98 Å². The number of nitrogens with one attached hydrogen (secondary N) is 1. The standard InChI is InChI=1S/C19H20N2O/c1-12(2)10-16-13(3)21-18-5-4-15(11-17(18)19(16)22)14-6-8-20-9-7-14/h4-9,11-12H,10H2,1-3H3,(H,21,22). The second-order valence-electron chi connectivity index (χ2n) is 6.15. The van der Waals surface area contributed by atoms with Crippen molar-refractivity contribution in [2.24, 2.45) is 5.92 Å². The third kappa shape index (κ3) is 2.67. The summed E-state index contributed by atoms with van der Waals surface area (Å²) in [5, 5.41) is 0.760. The van der Waals surface area contributed by atoms with Crippen LogP contribution in [0, 0.1) is 12.8 Å². The molecule has 22 heavy (non-hydrogen) atoms. The Morgan fingerprint density at radius 2 is 1.82 bits per heavy atom. The maximum absolute atomic E-state index is 12.8. The zero-order chi connectivity index (χ0) is 15.7. The number of aromatic nitrogens is 2. The second kappa shape index (κ2) is 5.76. The number of rotatable bonds is 3. The Morgan fingerprint density at radius 3 is 2.50 bits per heavy atom. The van der Waals surface area contributed by atoms with E-state index in [1.54, 1.807) is 12.4 Å². The van der Waals surface area contributed by atoms with E-state index in [2.05, 4.69) is 23.8 Å². The molecule has 0 aliphatic rings. The van der Waals surface area contributed by atoms with Crippen molar-refractivity contribution in [2.45, 2.75) is 27.2 Å². The van der Waals surface area contributed by atoms with Gasteiger partial charge >= 0.3 is 0 Å². The number of H-pyrrole nitrogens is 1. The minimum Gasteiger partial charge on any atom is -0.358 e. The highest BCUT2D eigenvalue weighted by Gasteiger charge is 2.11.